The van der Waals surface area contributed by atoms with Gasteiger partial charge in [0, 0.05) is 38.7 Å². The van der Waals surface area contributed by atoms with Crippen molar-refractivity contribution in [3.63, 3.8) is 0 Å². The molecule has 4 rings (SSSR count). The Morgan fingerprint density at radius 2 is 1.96 bits per heavy atom. The lowest BCUT2D eigenvalue weighted by Gasteiger charge is -2.30. The van der Waals surface area contributed by atoms with E-state index in [-0.39, 0.29) is 11.7 Å². The molecule has 0 unspecified atom stereocenters. The summed E-state index contributed by atoms with van der Waals surface area (Å²) in [6, 6.07) is 17.2. The van der Waals surface area contributed by atoms with Gasteiger partial charge in [-0.2, -0.15) is 0 Å². The molecule has 0 saturated carbocycles. The van der Waals surface area contributed by atoms with E-state index in [0.717, 1.165) is 31.9 Å². The van der Waals surface area contributed by atoms with Crippen molar-refractivity contribution >= 4 is 17.5 Å². The van der Waals surface area contributed by atoms with Gasteiger partial charge in [-0.05, 0) is 17.7 Å². The number of fused-ring (bicyclic) bond motifs is 1. The van der Waals surface area contributed by atoms with Crippen molar-refractivity contribution in [1.29, 1.82) is 0 Å². The minimum Gasteiger partial charge on any atom is -0.508 e. The van der Waals surface area contributed by atoms with Gasteiger partial charge in [0.2, 0.25) is 11.9 Å². The highest BCUT2D eigenvalue weighted by atomic mass is 16.3. The third kappa shape index (κ3) is 3.64. The predicted octanol–water partition coefficient (Wildman–Crippen LogP) is 3.68. The normalized spacial score (nSPS) is 13.9. The Morgan fingerprint density at radius 3 is 2.71 bits per heavy atom. The van der Waals surface area contributed by atoms with Crippen LogP contribution in [-0.4, -0.2) is 32.0 Å². The summed E-state index contributed by atoms with van der Waals surface area (Å²) in [5.74, 6) is 0.698. The molecule has 6 heteroatoms. The lowest BCUT2D eigenvalue weighted by Crippen LogP contribution is -2.35. The van der Waals surface area contributed by atoms with Gasteiger partial charge in [0.15, 0.2) is 0 Å². The third-order valence-corrected chi connectivity index (χ3v) is 5.03. The molecule has 0 bridgehead atoms. The molecule has 0 fully saturated rings. The van der Waals surface area contributed by atoms with Gasteiger partial charge in [-0.25, -0.2) is 9.88 Å². The molecule has 3 aromatic rings. The summed E-state index contributed by atoms with van der Waals surface area (Å²) in [6.45, 7) is 5.17. The van der Waals surface area contributed by atoms with Crippen LogP contribution in [0, 0.1) is 0 Å². The molecule has 1 aliphatic rings. The maximum atomic E-state index is 12.7. The smallest absolute Gasteiger partial charge is 0.233 e. The standard InChI is InChI=1S/C22H24N4O2/c1-2-21(28)26(18-9-6-10-20(27)13-18)22-23-14-19-16-24(11-12-25(19)22)15-17-7-4-3-5-8-17/h3-10,13-14,27H,2,11-12,15-16H2,1H3. The molecular formula is C22H24N4O2. The van der Waals surface area contributed by atoms with Crippen LogP contribution in [0.2, 0.25) is 0 Å². The van der Waals surface area contributed by atoms with E-state index in [9.17, 15) is 9.90 Å². The Balaban J connectivity index is 1.61. The number of nitrogens with zero attached hydrogens (tertiary/aromatic N) is 4. The number of aromatic nitrogens is 2. The second-order valence-electron chi connectivity index (χ2n) is 7.00. The highest BCUT2D eigenvalue weighted by molar-refractivity contribution is 5.99. The van der Waals surface area contributed by atoms with Crippen LogP contribution in [0.15, 0.2) is 60.8 Å². The number of rotatable bonds is 5. The lowest BCUT2D eigenvalue weighted by molar-refractivity contribution is -0.117. The van der Waals surface area contributed by atoms with Gasteiger partial charge in [-0.15, -0.1) is 0 Å². The molecule has 0 aliphatic carbocycles. The molecule has 1 aromatic heterocycles. The fraction of sp³-hybridized carbons (Fsp3) is 0.273. The van der Waals surface area contributed by atoms with Crippen molar-refractivity contribution in [2.45, 2.75) is 33.0 Å². The van der Waals surface area contributed by atoms with Crippen LogP contribution in [0.4, 0.5) is 11.6 Å². The molecule has 0 radical (unpaired) electrons. The largest absolute Gasteiger partial charge is 0.508 e. The van der Waals surface area contributed by atoms with Crippen LogP contribution < -0.4 is 4.90 Å². The number of aromatic hydroxyl groups is 1. The number of benzene rings is 2. The maximum Gasteiger partial charge on any atom is 0.233 e. The second-order valence-corrected chi connectivity index (χ2v) is 7.00. The number of imidazole rings is 1. The van der Waals surface area contributed by atoms with Crippen molar-refractivity contribution in [1.82, 2.24) is 14.5 Å². The molecule has 1 amide bonds. The van der Waals surface area contributed by atoms with Crippen LogP contribution in [0.25, 0.3) is 0 Å². The van der Waals surface area contributed by atoms with Crippen LogP contribution in [0.3, 0.4) is 0 Å². The Morgan fingerprint density at radius 1 is 1.14 bits per heavy atom. The number of carbonyl (C=O) groups is 1. The van der Waals surface area contributed by atoms with Gasteiger partial charge >= 0.3 is 0 Å². The number of anilines is 2. The molecule has 144 valence electrons. The summed E-state index contributed by atoms with van der Waals surface area (Å²) in [6.07, 6.45) is 2.21. The van der Waals surface area contributed by atoms with E-state index in [1.54, 1.807) is 23.1 Å². The molecule has 28 heavy (non-hydrogen) atoms. The molecule has 1 N–H and O–H groups in total. The molecule has 6 nitrogen and oxygen atoms in total. The highest BCUT2D eigenvalue weighted by Gasteiger charge is 2.26. The van der Waals surface area contributed by atoms with E-state index in [4.69, 9.17) is 0 Å². The van der Waals surface area contributed by atoms with Crippen LogP contribution in [0.5, 0.6) is 5.75 Å². The Bertz CT molecular complexity index is 968. The van der Waals surface area contributed by atoms with E-state index >= 15 is 0 Å². The van der Waals surface area contributed by atoms with Gasteiger partial charge in [0.1, 0.15) is 5.75 Å². The monoisotopic (exact) mass is 376 g/mol. The number of phenolic OH excluding ortho intramolecular Hbond substituents is 1. The van der Waals surface area contributed by atoms with Gasteiger partial charge in [-0.3, -0.25) is 9.69 Å². The Kier molecular flexibility index (Phi) is 5.12. The van der Waals surface area contributed by atoms with Crippen LogP contribution >= 0.6 is 0 Å². The molecule has 1 aliphatic heterocycles. The first-order valence-electron chi connectivity index (χ1n) is 9.58. The SMILES string of the molecule is CCC(=O)N(c1cccc(O)c1)c1ncc2n1CCN(Cc1ccccc1)C2. The number of carbonyl (C=O) groups excluding carboxylic acids is 1. The van der Waals surface area contributed by atoms with E-state index in [1.165, 1.54) is 5.56 Å². The van der Waals surface area contributed by atoms with E-state index in [1.807, 2.05) is 25.3 Å². The van der Waals surface area contributed by atoms with E-state index in [2.05, 4.69) is 38.7 Å². The first kappa shape index (κ1) is 18.3. The number of amides is 1. The molecule has 0 spiro atoms. The quantitative estimate of drug-likeness (QED) is 0.738. The maximum absolute atomic E-state index is 12.7. The zero-order valence-electron chi connectivity index (χ0n) is 16.0. The second kappa shape index (κ2) is 7.86. The van der Waals surface area contributed by atoms with Crippen LogP contribution in [-0.2, 0) is 24.4 Å². The fourth-order valence-corrected chi connectivity index (χ4v) is 3.64. The first-order chi connectivity index (χ1) is 13.7. The van der Waals surface area contributed by atoms with Gasteiger partial charge in [-0.1, -0.05) is 43.3 Å². The topological polar surface area (TPSA) is 61.6 Å². The van der Waals surface area contributed by atoms with Crippen molar-refractivity contribution in [3.8, 4) is 5.75 Å². The van der Waals surface area contributed by atoms with Crippen molar-refractivity contribution in [2.24, 2.45) is 0 Å². The van der Waals surface area contributed by atoms with Crippen molar-refractivity contribution in [2.75, 3.05) is 11.4 Å². The summed E-state index contributed by atoms with van der Waals surface area (Å²) in [7, 11) is 0. The third-order valence-electron chi connectivity index (χ3n) is 5.03. The minimum atomic E-state index is -0.0503. The summed E-state index contributed by atoms with van der Waals surface area (Å²) < 4.78 is 2.11. The number of hydrogen-bond acceptors (Lipinski definition) is 4. The van der Waals surface area contributed by atoms with Crippen molar-refractivity contribution in [3.05, 3.63) is 72.1 Å². The van der Waals surface area contributed by atoms with Gasteiger partial charge in [0.25, 0.3) is 0 Å². The first-order valence-corrected chi connectivity index (χ1v) is 9.58. The average molecular weight is 376 g/mol. The summed E-state index contributed by atoms with van der Waals surface area (Å²) in [4.78, 5) is 21.3. The lowest BCUT2D eigenvalue weighted by atomic mass is 10.2. The number of phenols is 1. The average Bonchev–Trinajstić information content (AvgIpc) is 3.12. The zero-order chi connectivity index (χ0) is 19.5. The molecule has 2 heterocycles. The minimum absolute atomic E-state index is 0.0503. The fourth-order valence-electron chi connectivity index (χ4n) is 3.64. The Labute approximate surface area is 164 Å². The molecule has 0 saturated heterocycles. The summed E-state index contributed by atoms with van der Waals surface area (Å²) >= 11 is 0. The summed E-state index contributed by atoms with van der Waals surface area (Å²) in [5, 5.41) is 9.86. The van der Waals surface area contributed by atoms with E-state index < -0.39 is 0 Å². The van der Waals surface area contributed by atoms with E-state index in [0.29, 0.717) is 18.1 Å². The zero-order valence-corrected chi connectivity index (χ0v) is 16.0. The van der Waals surface area contributed by atoms with Crippen molar-refractivity contribution < 1.29 is 9.90 Å². The number of hydrogen-bond donors (Lipinski definition) is 1. The molecule has 2 aromatic carbocycles. The van der Waals surface area contributed by atoms with Crippen LogP contribution in [0.1, 0.15) is 24.6 Å². The van der Waals surface area contributed by atoms with Gasteiger partial charge < -0.3 is 9.67 Å². The van der Waals surface area contributed by atoms with Gasteiger partial charge in [0.05, 0.1) is 17.6 Å². The molecular weight excluding hydrogens is 352 g/mol. The predicted molar refractivity (Wildman–Crippen MR) is 108 cm³/mol. The highest BCUT2D eigenvalue weighted by Crippen LogP contribution is 2.30. The molecule has 0 atom stereocenters. The Hall–Kier alpha value is -3.12. The summed E-state index contributed by atoms with van der Waals surface area (Å²) in [5.41, 5.74) is 3.01.